The minimum atomic E-state index is -0.327. The molecule has 3 heteroatoms. The van der Waals surface area contributed by atoms with E-state index < -0.39 is 0 Å². The van der Waals surface area contributed by atoms with E-state index in [1.165, 1.54) is 0 Å². The van der Waals surface area contributed by atoms with E-state index in [4.69, 9.17) is 14.3 Å². The van der Waals surface area contributed by atoms with Crippen LogP contribution in [0, 0.1) is 0 Å². The molecule has 1 spiro atoms. The van der Waals surface area contributed by atoms with Crippen molar-refractivity contribution in [2.75, 3.05) is 13.2 Å². The largest absolute Gasteiger partial charge is 0.348 e. The van der Waals surface area contributed by atoms with E-state index in [1.54, 1.807) is 0 Å². The van der Waals surface area contributed by atoms with E-state index in [2.05, 4.69) is 0 Å². The minimum absolute atomic E-state index is 0.327. The van der Waals surface area contributed by atoms with Gasteiger partial charge < -0.3 is 9.47 Å². The van der Waals surface area contributed by atoms with Crippen molar-refractivity contribution in [3.05, 3.63) is 0 Å². The van der Waals surface area contributed by atoms with Gasteiger partial charge in [-0.1, -0.05) is 0 Å². The molecule has 0 bridgehead atoms. The van der Waals surface area contributed by atoms with Crippen molar-refractivity contribution in [3.8, 4) is 0 Å². The maximum absolute atomic E-state index is 9.16. The van der Waals surface area contributed by atoms with Gasteiger partial charge in [-0.3, -0.25) is 4.79 Å². The fraction of sp³-hybridized carbons (Fsp3) is 0.875. The second kappa shape index (κ2) is 2.57. The molecule has 3 nitrogen and oxygen atoms in total. The predicted molar refractivity (Wildman–Crippen MR) is 40.0 cm³/mol. The Balaban J connectivity index is 1.99. The number of ketones is 1. The molecule has 0 aromatic rings. The summed E-state index contributed by atoms with van der Waals surface area (Å²) in [6.45, 7) is 1.42. The van der Waals surface area contributed by atoms with Crippen molar-refractivity contribution < 1.29 is 14.3 Å². The Morgan fingerprint density at radius 2 is 1.64 bits per heavy atom. The summed E-state index contributed by atoms with van der Waals surface area (Å²) in [4.78, 5) is 9.16. The molecular weight excluding hydrogens is 144 g/mol. The van der Waals surface area contributed by atoms with Crippen LogP contribution in [0.1, 0.15) is 25.7 Å². The van der Waals surface area contributed by atoms with E-state index >= 15 is 0 Å². The molecule has 1 saturated carbocycles. The van der Waals surface area contributed by atoms with Crippen LogP contribution in [0.3, 0.4) is 0 Å². The first-order valence-corrected chi connectivity index (χ1v) is 4.12. The van der Waals surface area contributed by atoms with E-state index in [0.29, 0.717) is 19.0 Å². The second-order valence-corrected chi connectivity index (χ2v) is 3.17. The van der Waals surface area contributed by atoms with Gasteiger partial charge in [0.05, 0.1) is 26.1 Å². The standard InChI is InChI=1S/C8H12O3/c9-7-1-3-8(4-2-7)10-5-6-11-8/h1-6H2/p+1. The van der Waals surface area contributed by atoms with Crippen LogP contribution in [-0.4, -0.2) is 29.6 Å². The monoisotopic (exact) mass is 157 g/mol. The molecule has 2 fully saturated rings. The predicted octanol–water partition coefficient (Wildman–Crippen LogP) is 0.848. The van der Waals surface area contributed by atoms with E-state index in [-0.39, 0.29) is 5.79 Å². The number of carbonyl (C=O) groups excluding carboxylic acids is 1. The maximum atomic E-state index is 9.16. The quantitative estimate of drug-likeness (QED) is 0.489. The summed E-state index contributed by atoms with van der Waals surface area (Å²) >= 11 is 0. The van der Waals surface area contributed by atoms with Gasteiger partial charge in [0, 0.05) is 12.8 Å². The van der Waals surface area contributed by atoms with Crippen LogP contribution in [0.2, 0.25) is 0 Å². The van der Waals surface area contributed by atoms with E-state index in [9.17, 15) is 0 Å². The summed E-state index contributed by atoms with van der Waals surface area (Å²) in [6.07, 6.45) is 3.11. The first-order valence-electron chi connectivity index (χ1n) is 4.12. The molecule has 0 amide bonds. The summed E-state index contributed by atoms with van der Waals surface area (Å²) in [5, 5.41) is 0. The summed E-state index contributed by atoms with van der Waals surface area (Å²) < 4.78 is 11.0. The van der Waals surface area contributed by atoms with Crippen LogP contribution in [0.25, 0.3) is 0 Å². The normalized spacial score (nSPS) is 29.6. The third kappa shape index (κ3) is 1.30. The molecule has 2 aliphatic rings. The van der Waals surface area contributed by atoms with Gasteiger partial charge in [-0.05, 0) is 0 Å². The lowest BCUT2D eigenvalue weighted by Gasteiger charge is -2.28. The van der Waals surface area contributed by atoms with Gasteiger partial charge >= 0.3 is 0 Å². The summed E-state index contributed by atoms with van der Waals surface area (Å²) in [7, 11) is 0. The zero-order valence-corrected chi connectivity index (χ0v) is 6.51. The Hall–Kier alpha value is -0.410. The molecule has 0 atom stereocenters. The molecular formula is C8H13O3+. The molecule has 0 radical (unpaired) electrons. The Morgan fingerprint density at radius 1 is 1.09 bits per heavy atom. The van der Waals surface area contributed by atoms with Gasteiger partial charge in [0.1, 0.15) is 0 Å². The zero-order chi connectivity index (χ0) is 7.73. The first-order chi connectivity index (χ1) is 5.31. The number of hydrogen-bond donors (Lipinski definition) is 0. The smallest absolute Gasteiger partial charge is 0.293 e. The first kappa shape index (κ1) is 7.25. The Labute approximate surface area is 65.7 Å². The Morgan fingerprint density at radius 3 is 2.18 bits per heavy atom. The van der Waals surface area contributed by atoms with Gasteiger partial charge in [0.2, 0.25) is 0 Å². The lowest BCUT2D eigenvalue weighted by Crippen LogP contribution is -2.35. The van der Waals surface area contributed by atoms with Crippen molar-refractivity contribution in [1.29, 1.82) is 0 Å². The van der Waals surface area contributed by atoms with Crippen molar-refractivity contribution in [3.63, 3.8) is 0 Å². The SMILES string of the molecule is [OH+]=C1CCC2(CC1)OCCO2. The Bertz CT molecular complexity index is 158. The average molecular weight is 157 g/mol. The molecule has 0 aromatic carbocycles. The van der Waals surface area contributed by atoms with Crippen molar-refractivity contribution in [1.82, 2.24) is 0 Å². The fourth-order valence-corrected chi connectivity index (χ4v) is 1.71. The molecule has 1 aliphatic heterocycles. The maximum Gasteiger partial charge on any atom is 0.293 e. The van der Waals surface area contributed by atoms with Crippen LogP contribution < -0.4 is 0 Å². The number of hydrogen-bond acceptors (Lipinski definition) is 2. The molecule has 1 aliphatic carbocycles. The van der Waals surface area contributed by atoms with Crippen molar-refractivity contribution in [2.45, 2.75) is 31.5 Å². The third-order valence-electron chi connectivity index (χ3n) is 2.40. The van der Waals surface area contributed by atoms with Crippen molar-refractivity contribution in [2.24, 2.45) is 0 Å². The van der Waals surface area contributed by atoms with Crippen molar-refractivity contribution >= 4 is 5.78 Å². The molecule has 11 heavy (non-hydrogen) atoms. The van der Waals surface area contributed by atoms with Crippen LogP contribution in [0.4, 0.5) is 0 Å². The highest BCUT2D eigenvalue weighted by Gasteiger charge is 2.41. The second-order valence-electron chi connectivity index (χ2n) is 3.17. The lowest BCUT2D eigenvalue weighted by molar-refractivity contribution is -0.168. The highest BCUT2D eigenvalue weighted by molar-refractivity contribution is 5.80. The lowest BCUT2D eigenvalue weighted by atomic mass is 9.93. The zero-order valence-electron chi connectivity index (χ0n) is 6.51. The third-order valence-corrected chi connectivity index (χ3v) is 2.40. The van der Waals surface area contributed by atoms with Crippen LogP contribution in [0.5, 0.6) is 0 Å². The van der Waals surface area contributed by atoms with E-state index in [1.807, 2.05) is 0 Å². The molecule has 62 valence electrons. The van der Waals surface area contributed by atoms with Gasteiger partial charge in [0.15, 0.2) is 5.79 Å². The van der Waals surface area contributed by atoms with Gasteiger partial charge in [0.25, 0.3) is 5.78 Å². The molecule has 1 N–H and O–H groups in total. The van der Waals surface area contributed by atoms with Gasteiger partial charge in [-0.15, -0.1) is 0 Å². The minimum Gasteiger partial charge on any atom is -0.348 e. The summed E-state index contributed by atoms with van der Waals surface area (Å²) in [5.41, 5.74) is 0. The van der Waals surface area contributed by atoms with Gasteiger partial charge in [-0.2, -0.15) is 0 Å². The molecule has 1 heterocycles. The highest BCUT2D eigenvalue weighted by atomic mass is 16.7. The topological polar surface area (TPSA) is 39.9 Å². The van der Waals surface area contributed by atoms with Crippen LogP contribution in [-0.2, 0) is 9.47 Å². The fourth-order valence-electron chi connectivity index (χ4n) is 1.71. The number of rotatable bonds is 0. The highest BCUT2D eigenvalue weighted by Crippen LogP contribution is 2.33. The summed E-state index contributed by atoms with van der Waals surface area (Å²) in [6, 6.07) is 0. The average Bonchev–Trinajstić information content (AvgIpc) is 2.45. The molecule has 0 unspecified atom stereocenters. The van der Waals surface area contributed by atoms with Gasteiger partial charge in [-0.25, -0.2) is 0 Å². The molecule has 2 rings (SSSR count). The Kier molecular flexibility index (Phi) is 1.69. The number of ether oxygens (including phenoxy) is 2. The van der Waals surface area contributed by atoms with Crippen LogP contribution >= 0.6 is 0 Å². The summed E-state index contributed by atoms with van der Waals surface area (Å²) in [5.74, 6) is 0.265. The molecule has 1 saturated heterocycles. The van der Waals surface area contributed by atoms with Crippen LogP contribution in [0.15, 0.2) is 0 Å². The van der Waals surface area contributed by atoms with E-state index in [0.717, 1.165) is 25.7 Å². The molecule has 0 aromatic heterocycles.